The number of rotatable bonds is 5. The summed E-state index contributed by atoms with van der Waals surface area (Å²) in [7, 11) is -3.75. The summed E-state index contributed by atoms with van der Waals surface area (Å²) in [6.45, 7) is -1.22. The lowest BCUT2D eigenvalue weighted by molar-refractivity contribution is -0.0965. The Morgan fingerprint density at radius 2 is 2.17 bits per heavy atom. The van der Waals surface area contributed by atoms with Gasteiger partial charge in [-0.25, -0.2) is 13.6 Å². The van der Waals surface area contributed by atoms with Crippen LogP contribution in [0.25, 0.3) is 0 Å². The molecule has 4 rings (SSSR count). The SMILES string of the molecule is CC1(CS(N)(=O)=O)C=CC2=C3C(OC(F)F)=CC=CC3OC(c3ccc(Br)s3)C2=C1. The van der Waals surface area contributed by atoms with Crippen LogP contribution in [0.3, 0.4) is 0 Å². The molecule has 160 valence electrons. The van der Waals surface area contributed by atoms with Gasteiger partial charge in [-0.05, 0) is 45.3 Å². The van der Waals surface area contributed by atoms with Crippen molar-refractivity contribution in [1.82, 2.24) is 0 Å². The molecule has 5 nitrogen and oxygen atoms in total. The summed E-state index contributed by atoms with van der Waals surface area (Å²) >= 11 is 4.94. The van der Waals surface area contributed by atoms with Crippen LogP contribution in [0.15, 0.2) is 74.9 Å². The van der Waals surface area contributed by atoms with Gasteiger partial charge in [-0.2, -0.15) is 8.78 Å². The summed E-state index contributed by atoms with van der Waals surface area (Å²) in [6.07, 6.45) is 9.08. The normalized spacial score (nSPS) is 28.2. The Labute approximate surface area is 185 Å². The molecule has 1 aromatic rings. The van der Waals surface area contributed by atoms with Crippen LogP contribution in [-0.2, 0) is 19.5 Å². The maximum atomic E-state index is 13.0. The van der Waals surface area contributed by atoms with Crippen molar-refractivity contribution in [2.75, 3.05) is 5.75 Å². The Bertz CT molecular complexity index is 1130. The molecule has 0 fully saturated rings. The second kappa shape index (κ2) is 7.83. The Morgan fingerprint density at radius 3 is 2.80 bits per heavy atom. The zero-order chi connectivity index (χ0) is 21.7. The minimum Gasteiger partial charge on any atom is -0.434 e. The molecule has 0 amide bonds. The lowest BCUT2D eigenvalue weighted by Crippen LogP contribution is -2.34. The van der Waals surface area contributed by atoms with Crippen molar-refractivity contribution in [2.24, 2.45) is 10.6 Å². The Hall–Kier alpha value is -1.59. The first-order valence-electron chi connectivity index (χ1n) is 8.96. The highest BCUT2D eigenvalue weighted by molar-refractivity contribution is 9.11. The molecule has 3 aliphatic rings. The summed E-state index contributed by atoms with van der Waals surface area (Å²) in [6, 6.07) is 3.81. The van der Waals surface area contributed by atoms with Crippen LogP contribution in [0.1, 0.15) is 17.9 Å². The second-order valence-electron chi connectivity index (χ2n) is 7.45. The van der Waals surface area contributed by atoms with Crippen molar-refractivity contribution in [3.63, 3.8) is 0 Å². The molecule has 10 heteroatoms. The van der Waals surface area contributed by atoms with Crippen molar-refractivity contribution < 1.29 is 26.7 Å². The predicted molar refractivity (Wildman–Crippen MR) is 114 cm³/mol. The van der Waals surface area contributed by atoms with Crippen molar-refractivity contribution in [3.05, 3.63) is 79.7 Å². The van der Waals surface area contributed by atoms with E-state index in [1.165, 1.54) is 17.4 Å². The largest absolute Gasteiger partial charge is 0.434 e. The summed E-state index contributed by atoms with van der Waals surface area (Å²) < 4.78 is 61.5. The van der Waals surface area contributed by atoms with E-state index < -0.39 is 34.3 Å². The third-order valence-corrected chi connectivity index (χ3v) is 7.64. The van der Waals surface area contributed by atoms with Crippen molar-refractivity contribution in [3.8, 4) is 0 Å². The van der Waals surface area contributed by atoms with E-state index in [-0.39, 0.29) is 11.5 Å². The van der Waals surface area contributed by atoms with Crippen LogP contribution in [0.2, 0.25) is 0 Å². The maximum Gasteiger partial charge on any atom is 0.387 e. The molecule has 2 N–H and O–H groups in total. The number of fused-ring (bicyclic) bond motifs is 2. The number of halogens is 3. The van der Waals surface area contributed by atoms with E-state index in [2.05, 4.69) is 15.9 Å². The standard InChI is InChI=1S/C20H18BrF2NO4S2/c1-20(10-30(24,25)26)8-7-11-12(9-20)18(15-5-6-16(21)29-15)27-13-3-2-4-14(17(11)13)28-19(22)23/h2-9,13,18-19H,10H2,1H3,(H2,24,25,26). The lowest BCUT2D eigenvalue weighted by atomic mass is 9.76. The Kier molecular flexibility index (Phi) is 5.65. The highest BCUT2D eigenvalue weighted by Crippen LogP contribution is 2.49. The van der Waals surface area contributed by atoms with Crippen LogP contribution in [0.4, 0.5) is 8.78 Å². The lowest BCUT2D eigenvalue weighted by Gasteiger charge is -2.39. The number of primary sulfonamides is 1. The minimum atomic E-state index is -3.75. The van der Waals surface area contributed by atoms with Gasteiger partial charge in [-0.3, -0.25) is 0 Å². The number of hydrogen-bond donors (Lipinski definition) is 1. The van der Waals surface area contributed by atoms with E-state index in [0.29, 0.717) is 16.7 Å². The van der Waals surface area contributed by atoms with Gasteiger partial charge >= 0.3 is 6.61 Å². The third-order valence-electron chi connectivity index (χ3n) is 4.95. The van der Waals surface area contributed by atoms with Crippen molar-refractivity contribution in [2.45, 2.75) is 25.7 Å². The molecule has 0 aromatic carbocycles. The molecule has 30 heavy (non-hydrogen) atoms. The zero-order valence-corrected chi connectivity index (χ0v) is 18.9. The highest BCUT2D eigenvalue weighted by atomic mass is 79.9. The number of sulfonamides is 1. The third kappa shape index (κ3) is 4.38. The molecule has 1 aliphatic heterocycles. The maximum absolute atomic E-state index is 13.0. The molecular weight excluding hydrogens is 500 g/mol. The number of allylic oxidation sites excluding steroid dienone is 5. The van der Waals surface area contributed by atoms with E-state index in [1.54, 1.807) is 37.3 Å². The van der Waals surface area contributed by atoms with Gasteiger partial charge in [0.1, 0.15) is 18.0 Å². The van der Waals surface area contributed by atoms with E-state index in [0.717, 1.165) is 8.66 Å². The first kappa shape index (κ1) is 21.6. The quantitative estimate of drug-likeness (QED) is 0.612. The zero-order valence-electron chi connectivity index (χ0n) is 15.7. The van der Waals surface area contributed by atoms with E-state index in [4.69, 9.17) is 14.6 Å². The molecule has 0 radical (unpaired) electrons. The van der Waals surface area contributed by atoms with Crippen molar-refractivity contribution in [1.29, 1.82) is 0 Å². The first-order valence-corrected chi connectivity index (χ1v) is 12.3. The minimum absolute atomic E-state index is 0.0314. The number of ether oxygens (including phenoxy) is 2. The number of hydrogen-bond acceptors (Lipinski definition) is 5. The molecule has 2 heterocycles. The fourth-order valence-corrected chi connectivity index (χ4v) is 6.44. The number of thiophene rings is 1. The van der Waals surface area contributed by atoms with Gasteiger partial charge in [-0.1, -0.05) is 37.3 Å². The average molecular weight is 518 g/mol. The molecule has 3 atom stereocenters. The number of nitrogens with two attached hydrogens (primary N) is 1. The van der Waals surface area contributed by atoms with Gasteiger partial charge in [0.15, 0.2) is 0 Å². The van der Waals surface area contributed by atoms with Crippen LogP contribution in [0.5, 0.6) is 0 Å². The van der Waals surface area contributed by atoms with E-state index >= 15 is 0 Å². The van der Waals surface area contributed by atoms with Crippen LogP contribution < -0.4 is 5.14 Å². The van der Waals surface area contributed by atoms with Gasteiger partial charge in [0.25, 0.3) is 0 Å². The monoisotopic (exact) mass is 517 g/mol. The highest BCUT2D eigenvalue weighted by Gasteiger charge is 2.40. The van der Waals surface area contributed by atoms with E-state index in [9.17, 15) is 17.2 Å². The predicted octanol–water partition coefficient (Wildman–Crippen LogP) is 4.73. The van der Waals surface area contributed by atoms with Crippen LogP contribution in [0, 0.1) is 5.41 Å². The molecule has 2 aliphatic carbocycles. The van der Waals surface area contributed by atoms with Gasteiger partial charge < -0.3 is 9.47 Å². The van der Waals surface area contributed by atoms with Crippen molar-refractivity contribution >= 4 is 37.3 Å². The number of alkyl halides is 2. The first-order chi connectivity index (χ1) is 14.0. The second-order valence-corrected chi connectivity index (χ2v) is 11.6. The summed E-state index contributed by atoms with van der Waals surface area (Å²) in [5, 5.41) is 5.29. The molecular formula is C20H18BrF2NO4S2. The summed E-state index contributed by atoms with van der Waals surface area (Å²) in [5.74, 6) is -0.257. The Balaban J connectivity index is 1.87. The molecule has 0 saturated carbocycles. The topological polar surface area (TPSA) is 78.6 Å². The summed E-state index contributed by atoms with van der Waals surface area (Å²) in [4.78, 5) is 0.900. The summed E-state index contributed by atoms with van der Waals surface area (Å²) in [5.41, 5.74) is 1.01. The van der Waals surface area contributed by atoms with Gasteiger partial charge in [0.05, 0.1) is 9.54 Å². The van der Waals surface area contributed by atoms with Crippen LogP contribution in [-0.4, -0.2) is 26.9 Å². The molecule has 0 saturated heterocycles. The van der Waals surface area contributed by atoms with Gasteiger partial charge in [0.2, 0.25) is 10.0 Å². The van der Waals surface area contributed by atoms with Crippen LogP contribution >= 0.6 is 27.3 Å². The smallest absolute Gasteiger partial charge is 0.387 e. The fraction of sp³-hybridized carbons (Fsp3) is 0.300. The van der Waals surface area contributed by atoms with E-state index in [1.807, 2.05) is 12.1 Å². The van der Waals surface area contributed by atoms with Gasteiger partial charge in [0, 0.05) is 15.9 Å². The fourth-order valence-electron chi connectivity index (χ4n) is 3.91. The molecule has 0 spiro atoms. The average Bonchev–Trinajstić information content (AvgIpc) is 3.04. The molecule has 1 aromatic heterocycles. The Morgan fingerprint density at radius 1 is 1.40 bits per heavy atom. The molecule has 0 bridgehead atoms. The molecule has 3 unspecified atom stereocenters. The van der Waals surface area contributed by atoms with Gasteiger partial charge in [-0.15, -0.1) is 11.3 Å².